The minimum atomic E-state index is -0.400. The fraction of sp³-hybridized carbons (Fsp3) is 0.367. The quantitative estimate of drug-likeness (QED) is 0.225. The predicted molar refractivity (Wildman–Crippen MR) is 145 cm³/mol. The van der Waals surface area contributed by atoms with Crippen LogP contribution in [0.4, 0.5) is 11.4 Å². The van der Waals surface area contributed by atoms with Crippen molar-refractivity contribution >= 4 is 17.3 Å². The van der Waals surface area contributed by atoms with E-state index in [2.05, 4.69) is 0 Å². The molecule has 198 valence electrons. The lowest BCUT2D eigenvalue weighted by atomic mass is 9.97. The molecule has 3 aromatic carbocycles. The summed E-state index contributed by atoms with van der Waals surface area (Å²) in [6, 6.07) is 18.6. The van der Waals surface area contributed by atoms with Gasteiger partial charge in [0.15, 0.2) is 11.5 Å². The molecule has 1 unspecified atom stereocenters. The van der Waals surface area contributed by atoms with Gasteiger partial charge < -0.3 is 20.1 Å². The highest BCUT2D eigenvalue weighted by Gasteiger charge is 2.32. The summed E-state index contributed by atoms with van der Waals surface area (Å²) in [6.07, 6.45) is 5.52. The van der Waals surface area contributed by atoms with Crippen LogP contribution in [-0.4, -0.2) is 35.5 Å². The van der Waals surface area contributed by atoms with E-state index in [1.54, 1.807) is 19.2 Å². The van der Waals surface area contributed by atoms with E-state index >= 15 is 0 Å². The van der Waals surface area contributed by atoms with Crippen LogP contribution in [0.2, 0.25) is 0 Å². The molecule has 8 nitrogen and oxygen atoms in total. The summed E-state index contributed by atoms with van der Waals surface area (Å²) in [6.45, 7) is 1.06. The van der Waals surface area contributed by atoms with Crippen LogP contribution in [-0.2, 0) is 17.8 Å². The Morgan fingerprint density at radius 1 is 1.00 bits per heavy atom. The van der Waals surface area contributed by atoms with Gasteiger partial charge in [-0.05, 0) is 66.6 Å². The van der Waals surface area contributed by atoms with Crippen LogP contribution < -0.4 is 15.2 Å². The number of benzene rings is 3. The summed E-state index contributed by atoms with van der Waals surface area (Å²) >= 11 is 0. The summed E-state index contributed by atoms with van der Waals surface area (Å²) in [5, 5.41) is 11.6. The highest BCUT2D eigenvalue weighted by molar-refractivity contribution is 5.80. The van der Waals surface area contributed by atoms with Gasteiger partial charge in [-0.25, -0.2) is 0 Å². The number of likely N-dealkylation sites (tertiary alicyclic amines) is 1. The molecule has 1 atom stereocenters. The molecule has 2 aliphatic rings. The second-order valence-corrected chi connectivity index (χ2v) is 10.2. The minimum Gasteiger partial charge on any atom is -0.493 e. The smallest absolute Gasteiger partial charge is 0.274 e. The first-order valence-electron chi connectivity index (χ1n) is 13.1. The third-order valence-electron chi connectivity index (χ3n) is 7.64. The Morgan fingerprint density at radius 2 is 1.76 bits per heavy atom. The zero-order valence-electron chi connectivity index (χ0n) is 21.6. The second-order valence-electron chi connectivity index (χ2n) is 10.2. The van der Waals surface area contributed by atoms with Crippen molar-refractivity contribution in [1.29, 1.82) is 0 Å². The maximum atomic E-state index is 13.1. The number of nitro benzene ring substituents is 1. The largest absolute Gasteiger partial charge is 0.493 e. The third kappa shape index (κ3) is 5.59. The lowest BCUT2D eigenvalue weighted by Gasteiger charge is -2.20. The fourth-order valence-corrected chi connectivity index (χ4v) is 5.57. The maximum Gasteiger partial charge on any atom is 0.274 e. The zero-order chi connectivity index (χ0) is 26.6. The molecule has 1 saturated carbocycles. The number of rotatable bonds is 9. The molecule has 2 fully saturated rings. The van der Waals surface area contributed by atoms with Gasteiger partial charge in [-0.2, -0.15) is 0 Å². The molecule has 1 aliphatic carbocycles. The Bertz CT molecular complexity index is 1340. The molecule has 1 heterocycles. The van der Waals surface area contributed by atoms with Gasteiger partial charge >= 0.3 is 0 Å². The molecular weight excluding hydrogens is 482 g/mol. The Kier molecular flexibility index (Phi) is 7.49. The number of hydrogen-bond acceptors (Lipinski definition) is 6. The van der Waals surface area contributed by atoms with Crippen molar-refractivity contribution in [3.63, 3.8) is 0 Å². The van der Waals surface area contributed by atoms with Crippen molar-refractivity contribution in [2.75, 3.05) is 19.4 Å². The van der Waals surface area contributed by atoms with Gasteiger partial charge in [0.25, 0.3) is 5.69 Å². The summed E-state index contributed by atoms with van der Waals surface area (Å²) < 4.78 is 11.8. The Balaban J connectivity index is 1.32. The van der Waals surface area contributed by atoms with Crippen LogP contribution in [0.15, 0.2) is 60.7 Å². The van der Waals surface area contributed by atoms with E-state index in [-0.39, 0.29) is 23.6 Å². The number of anilines is 1. The van der Waals surface area contributed by atoms with Crippen LogP contribution in [0.5, 0.6) is 11.5 Å². The lowest BCUT2D eigenvalue weighted by molar-refractivity contribution is -0.385. The summed E-state index contributed by atoms with van der Waals surface area (Å²) in [7, 11) is 1.65. The Hall–Kier alpha value is -4.07. The number of amides is 1. The van der Waals surface area contributed by atoms with Crippen molar-refractivity contribution in [2.24, 2.45) is 0 Å². The number of carbonyl (C=O) groups excluding carboxylic acids is 1. The van der Waals surface area contributed by atoms with Crippen molar-refractivity contribution < 1.29 is 19.2 Å². The van der Waals surface area contributed by atoms with E-state index in [1.165, 1.54) is 18.9 Å². The predicted octanol–water partition coefficient (Wildman–Crippen LogP) is 5.61. The number of methoxy groups -OCH3 is 1. The third-order valence-corrected chi connectivity index (χ3v) is 7.64. The molecule has 1 amide bonds. The summed E-state index contributed by atoms with van der Waals surface area (Å²) in [5.74, 6) is 1.62. The number of ether oxygens (including phenoxy) is 2. The molecule has 8 heteroatoms. The molecule has 2 N–H and O–H groups in total. The average Bonchev–Trinajstić information content (AvgIpc) is 3.55. The first-order chi connectivity index (χ1) is 18.4. The Morgan fingerprint density at radius 3 is 2.50 bits per heavy atom. The van der Waals surface area contributed by atoms with E-state index in [0.717, 1.165) is 35.3 Å². The molecule has 0 radical (unpaired) electrons. The molecule has 38 heavy (non-hydrogen) atoms. The highest BCUT2D eigenvalue weighted by atomic mass is 16.6. The van der Waals surface area contributed by atoms with E-state index in [9.17, 15) is 14.9 Å². The van der Waals surface area contributed by atoms with Gasteiger partial charge in [0, 0.05) is 49.2 Å². The van der Waals surface area contributed by atoms with Crippen molar-refractivity contribution in [1.82, 2.24) is 4.90 Å². The van der Waals surface area contributed by atoms with Gasteiger partial charge in [-0.1, -0.05) is 30.3 Å². The molecule has 5 rings (SSSR count). The fourth-order valence-electron chi connectivity index (χ4n) is 5.57. The Labute approximate surface area is 222 Å². The molecule has 1 saturated heterocycles. The van der Waals surface area contributed by atoms with Gasteiger partial charge in [-0.3, -0.25) is 14.9 Å². The van der Waals surface area contributed by atoms with Crippen LogP contribution in [0.25, 0.3) is 0 Å². The van der Waals surface area contributed by atoms with Crippen LogP contribution >= 0.6 is 0 Å². The number of hydrogen-bond donors (Lipinski definition) is 1. The average molecular weight is 516 g/mol. The van der Waals surface area contributed by atoms with E-state index in [4.69, 9.17) is 15.2 Å². The standard InChI is InChI=1S/C30H33N3O5/c1-37-28-13-11-21(15-29(28)38-26-8-4-5-9-26)24-16-30(34)32(19-24)18-23-7-3-2-6-20(23)14-22-10-12-25(31)17-27(22)33(35)36/h2-3,6-7,10-13,15,17,24,26H,4-5,8-9,14,16,18-19,31H2,1H3. The number of carbonyl (C=O) groups is 1. The first kappa shape index (κ1) is 25.6. The molecule has 0 aromatic heterocycles. The van der Waals surface area contributed by atoms with Gasteiger partial charge in [0.2, 0.25) is 5.91 Å². The molecule has 0 spiro atoms. The monoisotopic (exact) mass is 515 g/mol. The molecule has 0 bridgehead atoms. The van der Waals surface area contributed by atoms with Gasteiger partial charge in [-0.15, -0.1) is 0 Å². The molecule has 3 aromatic rings. The summed E-state index contributed by atoms with van der Waals surface area (Å²) in [5.41, 5.74) is 9.74. The second kappa shape index (κ2) is 11.1. The van der Waals surface area contributed by atoms with Crippen molar-refractivity contribution in [3.05, 3.63) is 93.0 Å². The van der Waals surface area contributed by atoms with Crippen LogP contribution in [0.3, 0.4) is 0 Å². The minimum absolute atomic E-state index is 0.00671. The van der Waals surface area contributed by atoms with E-state index in [1.807, 2.05) is 47.4 Å². The van der Waals surface area contributed by atoms with Crippen LogP contribution in [0, 0.1) is 10.1 Å². The van der Waals surface area contributed by atoms with Crippen molar-refractivity contribution in [3.8, 4) is 11.5 Å². The SMILES string of the molecule is COc1ccc(C2CC(=O)N(Cc3ccccc3Cc3ccc(N)cc3[N+](=O)[O-])C2)cc1OC1CCCC1. The number of nitro groups is 1. The van der Waals surface area contributed by atoms with Gasteiger partial charge in [0.1, 0.15) is 0 Å². The lowest BCUT2D eigenvalue weighted by Crippen LogP contribution is -2.25. The number of nitrogens with zero attached hydrogens (tertiary/aromatic N) is 2. The van der Waals surface area contributed by atoms with Gasteiger partial charge in [0.05, 0.1) is 18.1 Å². The van der Waals surface area contributed by atoms with E-state index < -0.39 is 4.92 Å². The van der Waals surface area contributed by atoms with Crippen molar-refractivity contribution in [2.45, 2.75) is 57.1 Å². The van der Waals surface area contributed by atoms with E-state index in [0.29, 0.717) is 42.9 Å². The zero-order valence-corrected chi connectivity index (χ0v) is 21.6. The topological polar surface area (TPSA) is 108 Å². The normalized spacial score (nSPS) is 17.7. The number of nitrogens with two attached hydrogens (primary N) is 1. The molecular formula is C30H33N3O5. The molecule has 1 aliphatic heterocycles. The van der Waals surface area contributed by atoms with Crippen LogP contribution in [0.1, 0.15) is 60.3 Å². The first-order valence-corrected chi connectivity index (χ1v) is 13.1. The maximum absolute atomic E-state index is 13.1. The number of nitrogen functional groups attached to an aromatic ring is 1. The highest BCUT2D eigenvalue weighted by Crippen LogP contribution is 2.37. The summed E-state index contributed by atoms with van der Waals surface area (Å²) in [4.78, 5) is 26.1.